The Kier molecular flexibility index (Phi) is 3.23. The van der Waals surface area contributed by atoms with Gasteiger partial charge in [-0.3, -0.25) is 0 Å². The van der Waals surface area contributed by atoms with Gasteiger partial charge in [0.15, 0.2) is 0 Å². The predicted octanol–water partition coefficient (Wildman–Crippen LogP) is 1.13. The number of hydrogen-bond donors (Lipinski definition) is 1. The molecule has 0 unspecified atom stereocenters. The lowest BCUT2D eigenvalue weighted by atomic mass is 10.3. The van der Waals surface area contributed by atoms with Gasteiger partial charge in [0, 0.05) is 11.8 Å². The fourth-order valence-corrected chi connectivity index (χ4v) is 2.11. The monoisotopic (exact) mass is 240 g/mol. The Balaban J connectivity index is 1.94. The van der Waals surface area contributed by atoms with E-state index in [-0.39, 0.29) is 0 Å². The van der Waals surface area contributed by atoms with Crippen LogP contribution < -0.4 is 0 Å². The Bertz CT molecular complexity index is 425. The highest BCUT2D eigenvalue weighted by Crippen LogP contribution is 2.36. The minimum atomic E-state index is -0.917. The van der Waals surface area contributed by atoms with Gasteiger partial charge in [0.05, 0.1) is 6.04 Å². The molecule has 1 aliphatic rings. The van der Waals surface area contributed by atoms with Crippen LogP contribution in [0.3, 0.4) is 0 Å². The van der Waals surface area contributed by atoms with Crippen LogP contribution in [0.5, 0.6) is 0 Å². The molecule has 1 saturated carbocycles. The van der Waals surface area contributed by atoms with Crippen molar-refractivity contribution in [3.63, 3.8) is 0 Å². The quantitative estimate of drug-likeness (QED) is 0.613. The number of thioether (sulfide) groups is 1. The molecule has 0 amide bonds. The molecule has 0 spiro atoms. The zero-order valence-electron chi connectivity index (χ0n) is 8.83. The second-order valence-corrected chi connectivity index (χ2v) is 4.70. The van der Waals surface area contributed by atoms with Crippen LogP contribution in [0.25, 0.3) is 0 Å². The van der Waals surface area contributed by atoms with Gasteiger partial charge < -0.3 is 5.11 Å². The smallest absolute Gasteiger partial charge is 0.328 e. The van der Waals surface area contributed by atoms with Gasteiger partial charge in [0.25, 0.3) is 0 Å². The summed E-state index contributed by atoms with van der Waals surface area (Å²) in [5, 5.41) is 20.8. The van der Waals surface area contributed by atoms with Gasteiger partial charge in [-0.2, -0.15) is 0 Å². The third kappa shape index (κ3) is 2.82. The highest BCUT2D eigenvalue weighted by molar-refractivity contribution is 7.99. The maximum atomic E-state index is 10.4. The lowest BCUT2D eigenvalue weighted by Gasteiger charge is -2.01. The maximum absolute atomic E-state index is 10.4. The van der Waals surface area contributed by atoms with Crippen molar-refractivity contribution in [2.24, 2.45) is 0 Å². The number of tetrazole rings is 1. The minimum Gasteiger partial charge on any atom is -0.478 e. The van der Waals surface area contributed by atoms with Gasteiger partial charge in [0.2, 0.25) is 5.16 Å². The highest BCUT2D eigenvalue weighted by Gasteiger charge is 2.27. The molecule has 16 heavy (non-hydrogen) atoms. The molecule has 0 aromatic carbocycles. The lowest BCUT2D eigenvalue weighted by Crippen LogP contribution is -1.99. The van der Waals surface area contributed by atoms with E-state index in [1.165, 1.54) is 17.8 Å². The van der Waals surface area contributed by atoms with E-state index < -0.39 is 5.97 Å². The number of aliphatic carboxylic acids is 1. The number of carboxylic acids is 1. The first-order chi connectivity index (χ1) is 7.66. The van der Waals surface area contributed by atoms with Crippen LogP contribution in [0.15, 0.2) is 16.8 Å². The van der Waals surface area contributed by atoms with Crippen molar-refractivity contribution in [2.45, 2.75) is 31.0 Å². The van der Waals surface area contributed by atoms with E-state index in [2.05, 4.69) is 15.5 Å². The van der Waals surface area contributed by atoms with E-state index in [0.717, 1.165) is 23.6 Å². The molecule has 0 saturated heterocycles. The Morgan fingerprint density at radius 2 is 2.44 bits per heavy atom. The lowest BCUT2D eigenvalue weighted by molar-refractivity contribution is -0.131. The molecule has 7 heteroatoms. The first-order valence-corrected chi connectivity index (χ1v) is 5.96. The van der Waals surface area contributed by atoms with Crippen molar-refractivity contribution < 1.29 is 9.90 Å². The topological polar surface area (TPSA) is 80.9 Å². The SMILES string of the molecule is CC(=CC(=O)O)CSc1nnnn1C1CC1. The van der Waals surface area contributed by atoms with Crippen LogP contribution in [0.4, 0.5) is 0 Å². The van der Waals surface area contributed by atoms with E-state index in [0.29, 0.717) is 11.8 Å². The van der Waals surface area contributed by atoms with E-state index in [1.54, 1.807) is 6.92 Å². The first kappa shape index (κ1) is 11.1. The van der Waals surface area contributed by atoms with Crippen LogP contribution in [0.1, 0.15) is 25.8 Å². The largest absolute Gasteiger partial charge is 0.478 e. The van der Waals surface area contributed by atoms with Gasteiger partial charge in [-0.15, -0.1) is 5.10 Å². The van der Waals surface area contributed by atoms with Crippen LogP contribution in [-0.4, -0.2) is 37.0 Å². The summed E-state index contributed by atoms with van der Waals surface area (Å²) >= 11 is 1.47. The van der Waals surface area contributed by atoms with Crippen molar-refractivity contribution in [1.29, 1.82) is 0 Å². The molecule has 0 bridgehead atoms. The molecule has 0 aliphatic heterocycles. The fourth-order valence-electron chi connectivity index (χ4n) is 1.26. The number of carboxylic acid groups (broad SMARTS) is 1. The van der Waals surface area contributed by atoms with Gasteiger partial charge in [-0.1, -0.05) is 17.3 Å². The summed E-state index contributed by atoms with van der Waals surface area (Å²) in [6.07, 6.45) is 3.46. The van der Waals surface area contributed by atoms with Gasteiger partial charge in [0.1, 0.15) is 0 Å². The molecule has 6 nitrogen and oxygen atoms in total. The van der Waals surface area contributed by atoms with Crippen LogP contribution in [0, 0.1) is 0 Å². The zero-order chi connectivity index (χ0) is 11.5. The molecule has 0 atom stereocenters. The molecule has 1 heterocycles. The van der Waals surface area contributed by atoms with Crippen LogP contribution in [0.2, 0.25) is 0 Å². The number of carbonyl (C=O) groups is 1. The third-order valence-electron chi connectivity index (χ3n) is 2.15. The van der Waals surface area contributed by atoms with Crippen molar-refractivity contribution in [3.05, 3.63) is 11.6 Å². The Morgan fingerprint density at radius 1 is 1.69 bits per heavy atom. The zero-order valence-corrected chi connectivity index (χ0v) is 9.65. The Labute approximate surface area is 96.7 Å². The van der Waals surface area contributed by atoms with Crippen molar-refractivity contribution >= 4 is 17.7 Å². The summed E-state index contributed by atoms with van der Waals surface area (Å²) in [6, 6.07) is 0.446. The second-order valence-electron chi connectivity index (χ2n) is 3.75. The molecule has 2 rings (SSSR count). The molecule has 1 aromatic rings. The predicted molar refractivity (Wildman–Crippen MR) is 58.2 cm³/mol. The van der Waals surface area contributed by atoms with Crippen LogP contribution >= 0.6 is 11.8 Å². The summed E-state index contributed by atoms with van der Waals surface area (Å²) < 4.78 is 1.82. The number of nitrogens with zero attached hydrogens (tertiary/aromatic N) is 4. The minimum absolute atomic E-state index is 0.446. The molecule has 1 aliphatic carbocycles. The molecular weight excluding hydrogens is 228 g/mol. The van der Waals surface area contributed by atoms with E-state index in [4.69, 9.17) is 5.11 Å². The van der Waals surface area contributed by atoms with Crippen molar-refractivity contribution in [3.8, 4) is 0 Å². The van der Waals surface area contributed by atoms with Gasteiger partial charge in [-0.25, -0.2) is 9.48 Å². The third-order valence-corrected chi connectivity index (χ3v) is 3.28. The molecule has 1 N–H and O–H groups in total. The molecule has 0 radical (unpaired) electrons. The normalized spacial score (nSPS) is 16.4. The molecular formula is C9H12N4O2S. The van der Waals surface area contributed by atoms with Crippen molar-refractivity contribution in [2.75, 3.05) is 5.75 Å². The summed E-state index contributed by atoms with van der Waals surface area (Å²) in [5.74, 6) is -0.320. The van der Waals surface area contributed by atoms with Gasteiger partial charge in [-0.05, 0) is 30.2 Å². The Morgan fingerprint density at radius 3 is 3.06 bits per heavy atom. The maximum Gasteiger partial charge on any atom is 0.328 e. The number of rotatable bonds is 5. The molecule has 1 aromatic heterocycles. The summed E-state index contributed by atoms with van der Waals surface area (Å²) in [4.78, 5) is 10.4. The van der Waals surface area contributed by atoms with Crippen LogP contribution in [-0.2, 0) is 4.79 Å². The summed E-state index contributed by atoms with van der Waals surface area (Å²) in [7, 11) is 0. The Hall–Kier alpha value is -1.37. The number of aromatic nitrogens is 4. The average molecular weight is 240 g/mol. The molecule has 86 valence electrons. The second kappa shape index (κ2) is 4.65. The standard InChI is InChI=1S/C9H12N4O2S/c1-6(4-8(14)15)5-16-9-10-11-12-13(9)7-2-3-7/h4,7H,2-3,5H2,1H3,(H,14,15). The number of hydrogen-bond acceptors (Lipinski definition) is 5. The fraction of sp³-hybridized carbons (Fsp3) is 0.556. The highest BCUT2D eigenvalue weighted by atomic mass is 32.2. The van der Waals surface area contributed by atoms with E-state index >= 15 is 0 Å². The summed E-state index contributed by atoms with van der Waals surface area (Å²) in [5.41, 5.74) is 0.794. The first-order valence-electron chi connectivity index (χ1n) is 4.97. The van der Waals surface area contributed by atoms with Gasteiger partial charge >= 0.3 is 5.97 Å². The van der Waals surface area contributed by atoms with E-state index in [1.807, 2.05) is 4.68 Å². The van der Waals surface area contributed by atoms with E-state index in [9.17, 15) is 4.79 Å². The molecule has 1 fully saturated rings. The average Bonchev–Trinajstić information content (AvgIpc) is 2.94. The summed E-state index contributed by atoms with van der Waals surface area (Å²) in [6.45, 7) is 1.78. The van der Waals surface area contributed by atoms with Crippen molar-refractivity contribution in [1.82, 2.24) is 20.2 Å².